The molecule has 0 aliphatic heterocycles. The number of allylic oxidation sites excluding steroid dienone is 3. The van der Waals surface area contributed by atoms with Crippen LogP contribution in [0.2, 0.25) is 0 Å². The second-order valence-electron chi connectivity index (χ2n) is 8.92. The molecule has 0 saturated heterocycles. The maximum Gasteiger partial charge on any atom is 0.414 e. The normalized spacial score (nSPS) is 12.0. The van der Waals surface area contributed by atoms with Crippen molar-refractivity contribution >= 4 is 17.5 Å². The number of nitrogens with zero attached hydrogens (tertiary/aromatic N) is 2. The molecule has 0 radical (unpaired) electrons. The summed E-state index contributed by atoms with van der Waals surface area (Å²) in [6, 6.07) is 6.87. The fourth-order valence-corrected chi connectivity index (χ4v) is 3.08. The van der Waals surface area contributed by atoms with Crippen LogP contribution in [0.1, 0.15) is 34.6 Å². The van der Waals surface area contributed by atoms with Crippen molar-refractivity contribution in [2.75, 3.05) is 17.7 Å². The average molecular weight is 452 g/mol. The Morgan fingerprint density at radius 1 is 1.21 bits per heavy atom. The predicted octanol–water partition coefficient (Wildman–Crippen LogP) is 5.42. The van der Waals surface area contributed by atoms with E-state index >= 15 is 0 Å². The van der Waals surface area contributed by atoms with Crippen LogP contribution in [0, 0.1) is 0 Å². The van der Waals surface area contributed by atoms with Crippen molar-refractivity contribution in [3.05, 3.63) is 77.0 Å². The smallest absolute Gasteiger partial charge is 0.414 e. The fraction of sp³-hybridized carbons (Fsp3) is 0.308. The largest absolute Gasteiger partial charge is 0.456 e. The molecule has 1 aromatic carbocycles. The van der Waals surface area contributed by atoms with Gasteiger partial charge in [0.1, 0.15) is 22.8 Å². The molecular formula is C26H33N3O4. The van der Waals surface area contributed by atoms with Gasteiger partial charge in [0, 0.05) is 37.1 Å². The molecule has 0 unspecified atom stereocenters. The van der Waals surface area contributed by atoms with Gasteiger partial charge in [-0.25, -0.2) is 4.79 Å². The molecule has 33 heavy (non-hydrogen) atoms. The molecule has 0 bridgehead atoms. The van der Waals surface area contributed by atoms with E-state index in [-0.39, 0.29) is 11.2 Å². The second kappa shape index (κ2) is 9.81. The minimum Gasteiger partial charge on any atom is -0.456 e. The number of hydrogen-bond acceptors (Lipinski definition) is 5. The van der Waals surface area contributed by atoms with E-state index in [1.165, 1.54) is 16.5 Å². The SMILES string of the molecule is C=C/C(C)=C(/Oc1ccc(N)cc1-c1cc(N(C)C(=O)OC(C)(C)C)c(=O)n(C)c1)C(=C)C. The lowest BCUT2D eigenvalue weighted by Gasteiger charge is -2.25. The van der Waals surface area contributed by atoms with Gasteiger partial charge in [-0.1, -0.05) is 19.2 Å². The van der Waals surface area contributed by atoms with E-state index in [2.05, 4.69) is 13.2 Å². The molecule has 0 spiro atoms. The number of aromatic nitrogens is 1. The molecular weight excluding hydrogens is 418 g/mol. The van der Waals surface area contributed by atoms with Crippen LogP contribution in [0.15, 0.2) is 71.4 Å². The van der Waals surface area contributed by atoms with Crippen molar-refractivity contribution < 1.29 is 14.3 Å². The molecule has 1 aromatic heterocycles. The molecule has 0 aliphatic rings. The molecule has 7 nitrogen and oxygen atoms in total. The van der Waals surface area contributed by atoms with E-state index < -0.39 is 11.7 Å². The predicted molar refractivity (Wildman–Crippen MR) is 135 cm³/mol. The van der Waals surface area contributed by atoms with Crippen molar-refractivity contribution in [2.45, 2.75) is 40.2 Å². The average Bonchev–Trinajstić information content (AvgIpc) is 2.72. The maximum absolute atomic E-state index is 12.8. The third-order valence-electron chi connectivity index (χ3n) is 4.77. The Hall–Kier alpha value is -3.74. The van der Waals surface area contributed by atoms with Crippen molar-refractivity contribution in [1.82, 2.24) is 4.57 Å². The molecule has 0 atom stereocenters. The number of carbonyl (C=O) groups is 1. The molecule has 176 valence electrons. The zero-order valence-corrected chi connectivity index (χ0v) is 20.5. The van der Waals surface area contributed by atoms with Crippen LogP contribution in [0.4, 0.5) is 16.2 Å². The van der Waals surface area contributed by atoms with Crippen LogP contribution in [0.5, 0.6) is 5.75 Å². The highest BCUT2D eigenvalue weighted by Crippen LogP contribution is 2.35. The van der Waals surface area contributed by atoms with Crippen molar-refractivity contribution in [1.29, 1.82) is 0 Å². The zero-order chi connectivity index (χ0) is 25.1. The van der Waals surface area contributed by atoms with Crippen molar-refractivity contribution in [3.8, 4) is 16.9 Å². The highest BCUT2D eigenvalue weighted by molar-refractivity contribution is 5.88. The number of pyridine rings is 1. The Labute approximate surface area is 195 Å². The number of aryl methyl sites for hydroxylation is 1. The Morgan fingerprint density at radius 3 is 2.39 bits per heavy atom. The summed E-state index contributed by atoms with van der Waals surface area (Å²) < 4.78 is 13.0. The van der Waals surface area contributed by atoms with Gasteiger partial charge in [-0.15, -0.1) is 0 Å². The van der Waals surface area contributed by atoms with E-state index in [1.54, 1.807) is 64.4 Å². The number of carbonyl (C=O) groups excluding carboxylic acids is 1. The van der Waals surface area contributed by atoms with Crippen LogP contribution in [-0.4, -0.2) is 23.3 Å². The zero-order valence-electron chi connectivity index (χ0n) is 20.5. The maximum atomic E-state index is 12.8. The first-order chi connectivity index (χ1) is 15.2. The molecule has 2 rings (SSSR count). The standard InChI is InChI=1S/C26H33N3O4/c1-10-17(4)23(16(2)3)32-22-12-11-19(27)14-20(22)18-13-21(24(30)28(8)15-18)29(9)25(31)33-26(5,6)7/h10-15H,1-2,27H2,3-9H3/b23-17+. The van der Waals surface area contributed by atoms with Gasteiger partial charge in [0.25, 0.3) is 5.56 Å². The molecule has 0 aliphatic carbocycles. The first-order valence-corrected chi connectivity index (χ1v) is 10.5. The monoisotopic (exact) mass is 451 g/mol. The van der Waals surface area contributed by atoms with E-state index in [0.29, 0.717) is 28.3 Å². The number of nitrogen functional groups attached to an aromatic ring is 1. The topological polar surface area (TPSA) is 86.8 Å². The van der Waals surface area contributed by atoms with E-state index in [9.17, 15) is 9.59 Å². The fourth-order valence-electron chi connectivity index (χ4n) is 3.08. The number of hydrogen-bond donors (Lipinski definition) is 1. The number of anilines is 2. The number of ether oxygens (including phenoxy) is 2. The highest BCUT2D eigenvalue weighted by atomic mass is 16.6. The molecule has 2 N–H and O–H groups in total. The Bertz CT molecular complexity index is 1180. The minimum absolute atomic E-state index is 0.163. The number of benzene rings is 1. The lowest BCUT2D eigenvalue weighted by molar-refractivity contribution is 0.0589. The second-order valence-corrected chi connectivity index (χ2v) is 8.92. The van der Waals surface area contributed by atoms with Crippen molar-refractivity contribution in [2.24, 2.45) is 7.05 Å². The summed E-state index contributed by atoms with van der Waals surface area (Å²) in [4.78, 5) is 26.6. The van der Waals surface area contributed by atoms with Crippen LogP contribution in [0.25, 0.3) is 11.1 Å². The summed E-state index contributed by atoms with van der Waals surface area (Å²) in [5, 5.41) is 0. The summed E-state index contributed by atoms with van der Waals surface area (Å²) in [5.74, 6) is 1.11. The Balaban J connectivity index is 2.65. The van der Waals surface area contributed by atoms with Gasteiger partial charge in [-0.3, -0.25) is 9.69 Å². The summed E-state index contributed by atoms with van der Waals surface area (Å²) in [5.41, 5.74) is 8.58. The summed E-state index contributed by atoms with van der Waals surface area (Å²) in [7, 11) is 3.12. The van der Waals surface area contributed by atoms with Gasteiger partial charge in [0.2, 0.25) is 0 Å². The van der Waals surface area contributed by atoms with Crippen LogP contribution in [-0.2, 0) is 11.8 Å². The summed E-state index contributed by atoms with van der Waals surface area (Å²) in [6.45, 7) is 16.8. The Kier molecular flexibility index (Phi) is 7.59. The van der Waals surface area contributed by atoms with E-state index in [0.717, 1.165) is 11.1 Å². The van der Waals surface area contributed by atoms with Gasteiger partial charge >= 0.3 is 6.09 Å². The van der Waals surface area contributed by atoms with E-state index in [1.807, 2.05) is 13.8 Å². The quantitative estimate of drug-likeness (QED) is 0.360. The van der Waals surface area contributed by atoms with Crippen LogP contribution in [0.3, 0.4) is 0 Å². The van der Waals surface area contributed by atoms with Gasteiger partial charge in [-0.2, -0.15) is 0 Å². The molecule has 0 fully saturated rings. The number of amides is 1. The van der Waals surface area contributed by atoms with Crippen LogP contribution >= 0.6 is 0 Å². The molecule has 0 saturated carbocycles. The number of nitrogens with two attached hydrogens (primary N) is 1. The first-order valence-electron chi connectivity index (χ1n) is 10.5. The molecule has 7 heteroatoms. The first kappa shape index (κ1) is 25.5. The van der Waals surface area contributed by atoms with Crippen LogP contribution < -0.4 is 20.9 Å². The number of rotatable bonds is 6. The molecule has 1 heterocycles. The third-order valence-corrected chi connectivity index (χ3v) is 4.77. The molecule has 2 aromatic rings. The highest BCUT2D eigenvalue weighted by Gasteiger charge is 2.24. The van der Waals surface area contributed by atoms with Gasteiger partial charge in [0.05, 0.1) is 0 Å². The third kappa shape index (κ3) is 6.16. The lowest BCUT2D eigenvalue weighted by Crippen LogP contribution is -2.37. The Morgan fingerprint density at radius 2 is 1.85 bits per heavy atom. The minimum atomic E-state index is -0.697. The summed E-state index contributed by atoms with van der Waals surface area (Å²) >= 11 is 0. The van der Waals surface area contributed by atoms with Gasteiger partial charge < -0.3 is 19.8 Å². The summed E-state index contributed by atoms with van der Waals surface area (Å²) in [6.07, 6.45) is 2.73. The van der Waals surface area contributed by atoms with Gasteiger partial charge in [0.15, 0.2) is 0 Å². The van der Waals surface area contributed by atoms with Gasteiger partial charge in [-0.05, 0) is 70.0 Å². The van der Waals surface area contributed by atoms with E-state index in [4.69, 9.17) is 15.2 Å². The lowest BCUT2D eigenvalue weighted by atomic mass is 10.0. The van der Waals surface area contributed by atoms with Crippen molar-refractivity contribution in [3.63, 3.8) is 0 Å². The molecule has 1 amide bonds.